The van der Waals surface area contributed by atoms with Gasteiger partial charge in [0, 0.05) is 33.1 Å². The molecule has 0 spiro atoms. The number of allylic oxidation sites excluding steroid dienone is 4. The number of phenolic OH excluding ortho intramolecular Hbond substituents is 2. The van der Waals surface area contributed by atoms with Crippen LogP contribution in [0.15, 0.2) is 48.6 Å². The fraction of sp³-hybridized carbons (Fsp3) is 0.579. The molecule has 0 saturated heterocycles. The molecule has 0 heterocycles. The first kappa shape index (κ1) is 34.7. The highest BCUT2D eigenvalue weighted by Gasteiger charge is 2.26. The van der Waals surface area contributed by atoms with Gasteiger partial charge in [-0.1, -0.05) is 116 Å². The first-order valence-electron chi connectivity index (χ1n) is 16.0. The highest BCUT2D eigenvalue weighted by Crippen LogP contribution is 2.42. The van der Waals surface area contributed by atoms with Gasteiger partial charge in [-0.05, 0) is 72.6 Å². The molecule has 0 aliphatic heterocycles. The molecule has 4 heteroatoms. The summed E-state index contributed by atoms with van der Waals surface area (Å²) < 4.78 is 0. The van der Waals surface area contributed by atoms with E-state index in [9.17, 15) is 10.2 Å². The van der Waals surface area contributed by atoms with Crippen molar-refractivity contribution in [1.29, 1.82) is 0 Å². The minimum Gasteiger partial charge on any atom is -0.507 e. The van der Waals surface area contributed by atoms with Gasteiger partial charge >= 0.3 is 0 Å². The monoisotopic (exact) mass is 608 g/mol. The Kier molecular flexibility index (Phi) is 13.1. The largest absolute Gasteiger partial charge is 0.507 e. The van der Waals surface area contributed by atoms with Gasteiger partial charge in [-0.3, -0.25) is 0 Å². The molecular formula is C38H56O2S2. The van der Waals surface area contributed by atoms with Gasteiger partial charge in [0.25, 0.3) is 0 Å². The van der Waals surface area contributed by atoms with Crippen LogP contribution in [0.25, 0.3) is 0 Å². The molecule has 42 heavy (non-hydrogen) atoms. The molecule has 2 aromatic rings. The molecule has 0 radical (unpaired) electrons. The third-order valence-corrected chi connectivity index (χ3v) is 11.6. The van der Waals surface area contributed by atoms with Crippen LogP contribution in [0.3, 0.4) is 0 Å². The SMILES string of the molecule is C/C=C\Cc1cc(C(C)(C)C)cc(CSC2CCCCCCC2SCc2cc(C(C)(C)C)cc(C/C=C\C)c2O)c1O. The van der Waals surface area contributed by atoms with Crippen molar-refractivity contribution in [1.82, 2.24) is 0 Å². The van der Waals surface area contributed by atoms with E-state index < -0.39 is 0 Å². The Hall–Kier alpha value is -1.78. The lowest BCUT2D eigenvalue weighted by atomic mass is 9.84. The molecule has 2 atom stereocenters. The summed E-state index contributed by atoms with van der Waals surface area (Å²) in [4.78, 5) is 0. The maximum absolute atomic E-state index is 11.3. The van der Waals surface area contributed by atoms with Gasteiger partial charge in [0.15, 0.2) is 0 Å². The van der Waals surface area contributed by atoms with Crippen LogP contribution < -0.4 is 0 Å². The molecule has 232 valence electrons. The first-order valence-corrected chi connectivity index (χ1v) is 18.1. The quantitative estimate of drug-likeness (QED) is 0.263. The first-order chi connectivity index (χ1) is 19.8. The van der Waals surface area contributed by atoms with E-state index in [-0.39, 0.29) is 10.8 Å². The van der Waals surface area contributed by atoms with E-state index >= 15 is 0 Å². The van der Waals surface area contributed by atoms with Crippen molar-refractivity contribution in [3.63, 3.8) is 0 Å². The van der Waals surface area contributed by atoms with Gasteiger partial charge < -0.3 is 10.2 Å². The van der Waals surface area contributed by atoms with Crippen molar-refractivity contribution in [3.05, 3.63) is 82.0 Å². The molecule has 0 bridgehead atoms. The van der Waals surface area contributed by atoms with Crippen LogP contribution in [0.1, 0.15) is 127 Å². The molecule has 0 amide bonds. The zero-order valence-electron chi connectivity index (χ0n) is 27.6. The number of hydrogen-bond donors (Lipinski definition) is 2. The van der Waals surface area contributed by atoms with Gasteiger partial charge in [-0.25, -0.2) is 0 Å². The van der Waals surface area contributed by atoms with Gasteiger partial charge in [0.2, 0.25) is 0 Å². The van der Waals surface area contributed by atoms with Gasteiger partial charge in [-0.15, -0.1) is 0 Å². The summed E-state index contributed by atoms with van der Waals surface area (Å²) in [6.07, 6.45) is 17.5. The van der Waals surface area contributed by atoms with E-state index in [2.05, 4.69) is 90.1 Å². The lowest BCUT2D eigenvalue weighted by Gasteiger charge is -2.30. The van der Waals surface area contributed by atoms with Gasteiger partial charge in [0.05, 0.1) is 0 Å². The average Bonchev–Trinajstić information content (AvgIpc) is 2.91. The Morgan fingerprint density at radius 1 is 0.619 bits per heavy atom. The standard InChI is InChI=1S/C38H56O2S2/c1-9-11-17-27-21-31(37(3,4)5)23-29(35(27)39)25-41-33-19-15-13-14-16-20-34(33)42-26-30-24-32(38(6,7)8)22-28(36(30)40)18-12-10-2/h9-12,21-24,33-34,39-40H,13-20,25-26H2,1-8H3/b11-9-,12-10-. The third-order valence-electron chi connectivity index (χ3n) is 8.46. The predicted octanol–water partition coefficient (Wildman–Crippen LogP) is 11.2. The van der Waals surface area contributed by atoms with Crippen LogP contribution in [0, 0.1) is 0 Å². The average molecular weight is 609 g/mol. The topological polar surface area (TPSA) is 40.5 Å². The molecule has 1 fully saturated rings. The molecule has 2 unspecified atom stereocenters. The fourth-order valence-corrected chi connectivity index (χ4v) is 8.67. The predicted molar refractivity (Wildman–Crippen MR) is 189 cm³/mol. The van der Waals surface area contributed by atoms with Crippen LogP contribution >= 0.6 is 23.5 Å². The number of rotatable bonds is 10. The van der Waals surface area contributed by atoms with Crippen molar-refractivity contribution < 1.29 is 10.2 Å². The Morgan fingerprint density at radius 2 is 0.976 bits per heavy atom. The molecule has 1 aliphatic carbocycles. The van der Waals surface area contributed by atoms with Crippen molar-refractivity contribution in [3.8, 4) is 11.5 Å². The van der Waals surface area contributed by atoms with Crippen molar-refractivity contribution in [2.24, 2.45) is 0 Å². The highest BCUT2D eigenvalue weighted by molar-refractivity contribution is 8.03. The van der Waals surface area contributed by atoms with Crippen molar-refractivity contribution in [2.45, 2.75) is 140 Å². The molecular weight excluding hydrogens is 553 g/mol. The normalized spacial score (nSPS) is 19.0. The molecule has 0 aromatic heterocycles. The Morgan fingerprint density at radius 3 is 1.31 bits per heavy atom. The zero-order valence-corrected chi connectivity index (χ0v) is 29.2. The molecule has 2 N–H and O–H groups in total. The summed E-state index contributed by atoms with van der Waals surface area (Å²) >= 11 is 4.08. The van der Waals surface area contributed by atoms with Crippen LogP contribution in [0.2, 0.25) is 0 Å². The second kappa shape index (κ2) is 15.8. The van der Waals surface area contributed by atoms with Crippen LogP contribution in [-0.2, 0) is 35.2 Å². The molecule has 2 aromatic carbocycles. The van der Waals surface area contributed by atoms with E-state index in [1.54, 1.807) is 0 Å². The highest BCUT2D eigenvalue weighted by atomic mass is 32.2. The number of hydrogen-bond acceptors (Lipinski definition) is 4. The summed E-state index contributed by atoms with van der Waals surface area (Å²) in [6, 6.07) is 8.88. The van der Waals surface area contributed by atoms with E-state index in [4.69, 9.17) is 0 Å². The van der Waals surface area contributed by atoms with Crippen LogP contribution in [0.4, 0.5) is 0 Å². The molecule has 2 nitrogen and oxygen atoms in total. The Balaban J connectivity index is 1.85. The smallest absolute Gasteiger partial charge is 0.123 e. The second-order valence-electron chi connectivity index (χ2n) is 14.0. The lowest BCUT2D eigenvalue weighted by Crippen LogP contribution is -2.22. The van der Waals surface area contributed by atoms with Gasteiger partial charge in [-0.2, -0.15) is 23.5 Å². The zero-order chi connectivity index (χ0) is 30.9. The molecule has 1 aliphatic rings. The summed E-state index contributed by atoms with van der Waals surface area (Å²) in [5, 5.41) is 23.6. The molecule has 3 rings (SSSR count). The summed E-state index contributed by atoms with van der Waals surface area (Å²) in [6.45, 7) is 17.6. The van der Waals surface area contributed by atoms with E-state index in [0.717, 1.165) is 46.6 Å². The van der Waals surface area contributed by atoms with E-state index in [1.165, 1.54) is 49.7 Å². The van der Waals surface area contributed by atoms with Crippen molar-refractivity contribution in [2.75, 3.05) is 0 Å². The number of aromatic hydroxyl groups is 2. The van der Waals surface area contributed by atoms with E-state index in [0.29, 0.717) is 22.0 Å². The molecule has 1 saturated carbocycles. The van der Waals surface area contributed by atoms with Crippen molar-refractivity contribution >= 4 is 23.5 Å². The fourth-order valence-electron chi connectivity index (χ4n) is 5.60. The van der Waals surface area contributed by atoms with Crippen LogP contribution in [0.5, 0.6) is 11.5 Å². The van der Waals surface area contributed by atoms with E-state index in [1.807, 2.05) is 37.4 Å². The maximum atomic E-state index is 11.3. The second-order valence-corrected chi connectivity index (χ2v) is 16.5. The summed E-state index contributed by atoms with van der Waals surface area (Å²) in [7, 11) is 0. The summed E-state index contributed by atoms with van der Waals surface area (Å²) in [5.41, 5.74) is 6.86. The maximum Gasteiger partial charge on any atom is 0.123 e. The third kappa shape index (κ3) is 9.88. The number of phenols is 2. The number of thioether (sulfide) groups is 2. The number of benzene rings is 2. The lowest BCUT2D eigenvalue weighted by molar-refractivity contribution is 0.462. The summed E-state index contributed by atoms with van der Waals surface area (Å²) in [5.74, 6) is 2.61. The Bertz CT molecular complexity index is 1120. The minimum atomic E-state index is 0.0335. The van der Waals surface area contributed by atoms with Crippen LogP contribution in [-0.4, -0.2) is 20.7 Å². The minimum absolute atomic E-state index is 0.0335. The Labute approximate surface area is 265 Å². The van der Waals surface area contributed by atoms with Gasteiger partial charge in [0.1, 0.15) is 11.5 Å².